The molecule has 0 spiro atoms. The van der Waals surface area contributed by atoms with Crippen LogP contribution in [0.25, 0.3) is 5.65 Å². The van der Waals surface area contributed by atoms with Crippen molar-refractivity contribution in [3.8, 4) is 0 Å². The van der Waals surface area contributed by atoms with Gasteiger partial charge in [0.2, 0.25) is 0 Å². The third-order valence-electron chi connectivity index (χ3n) is 3.23. The molecule has 0 bridgehead atoms. The first kappa shape index (κ1) is 13.3. The lowest BCUT2D eigenvalue weighted by molar-refractivity contribution is 0.0691. The zero-order valence-corrected chi connectivity index (χ0v) is 11.4. The van der Waals surface area contributed by atoms with Crippen LogP contribution in [0.15, 0.2) is 54.9 Å². The number of benzene rings is 1. The van der Waals surface area contributed by atoms with Gasteiger partial charge in [0, 0.05) is 25.5 Å². The molecule has 2 heterocycles. The molecule has 0 atom stereocenters. The topological polar surface area (TPSA) is 66.6 Å². The molecular weight excluding hydrogens is 266 g/mol. The van der Waals surface area contributed by atoms with Gasteiger partial charge in [-0.3, -0.25) is 0 Å². The number of pyridine rings is 1. The van der Waals surface area contributed by atoms with E-state index in [-0.39, 0.29) is 5.69 Å². The standard InChI is InChI=1S/C16H15N3O2/c20-16(21)14-11-19-10-13(6-7-15(19)18-14)9-17-8-12-4-2-1-3-5-12/h1-7,10-11,17H,8-9H2,(H,20,21). The molecule has 0 radical (unpaired) electrons. The highest BCUT2D eigenvalue weighted by molar-refractivity contribution is 5.86. The summed E-state index contributed by atoms with van der Waals surface area (Å²) >= 11 is 0. The quantitative estimate of drug-likeness (QED) is 0.753. The lowest BCUT2D eigenvalue weighted by Gasteiger charge is -2.05. The number of hydrogen-bond donors (Lipinski definition) is 2. The minimum Gasteiger partial charge on any atom is -0.476 e. The first-order valence-corrected chi connectivity index (χ1v) is 6.68. The molecule has 0 saturated carbocycles. The minimum atomic E-state index is -1.01. The second kappa shape index (κ2) is 5.76. The maximum atomic E-state index is 10.9. The molecule has 1 aromatic carbocycles. The van der Waals surface area contributed by atoms with Crippen molar-refractivity contribution in [1.29, 1.82) is 0 Å². The highest BCUT2D eigenvalue weighted by atomic mass is 16.4. The Labute approximate surface area is 121 Å². The van der Waals surface area contributed by atoms with Gasteiger partial charge in [0.15, 0.2) is 5.69 Å². The molecule has 2 N–H and O–H groups in total. The van der Waals surface area contributed by atoms with Crippen molar-refractivity contribution >= 4 is 11.6 Å². The van der Waals surface area contributed by atoms with Gasteiger partial charge in [-0.1, -0.05) is 36.4 Å². The molecule has 5 heteroatoms. The van der Waals surface area contributed by atoms with Gasteiger partial charge >= 0.3 is 5.97 Å². The van der Waals surface area contributed by atoms with Crippen LogP contribution in [0, 0.1) is 0 Å². The second-order valence-corrected chi connectivity index (χ2v) is 4.82. The number of carboxylic acids is 1. The van der Waals surface area contributed by atoms with Crippen LogP contribution >= 0.6 is 0 Å². The average Bonchev–Trinajstić information content (AvgIpc) is 2.92. The maximum absolute atomic E-state index is 10.9. The van der Waals surface area contributed by atoms with Gasteiger partial charge in [-0.25, -0.2) is 9.78 Å². The maximum Gasteiger partial charge on any atom is 0.356 e. The molecule has 0 aliphatic rings. The Kier molecular flexibility index (Phi) is 3.66. The van der Waals surface area contributed by atoms with Crippen LogP contribution < -0.4 is 5.32 Å². The zero-order chi connectivity index (χ0) is 14.7. The van der Waals surface area contributed by atoms with Gasteiger partial charge in [-0.05, 0) is 17.2 Å². The Bertz CT molecular complexity index is 766. The van der Waals surface area contributed by atoms with Gasteiger partial charge in [0.05, 0.1) is 0 Å². The monoisotopic (exact) mass is 281 g/mol. The summed E-state index contributed by atoms with van der Waals surface area (Å²) in [7, 11) is 0. The second-order valence-electron chi connectivity index (χ2n) is 4.82. The van der Waals surface area contributed by atoms with Crippen LogP contribution in [-0.4, -0.2) is 20.5 Å². The third-order valence-corrected chi connectivity index (χ3v) is 3.23. The molecule has 0 unspecified atom stereocenters. The summed E-state index contributed by atoms with van der Waals surface area (Å²) in [4.78, 5) is 14.9. The van der Waals surface area contributed by atoms with Crippen LogP contribution in [0.5, 0.6) is 0 Å². The normalized spacial score (nSPS) is 10.9. The van der Waals surface area contributed by atoms with Crippen LogP contribution in [0.3, 0.4) is 0 Å². The first-order valence-electron chi connectivity index (χ1n) is 6.68. The van der Waals surface area contributed by atoms with Crippen LogP contribution in [0.2, 0.25) is 0 Å². The number of aromatic carboxylic acids is 1. The fourth-order valence-electron chi connectivity index (χ4n) is 2.19. The fraction of sp³-hybridized carbons (Fsp3) is 0.125. The van der Waals surface area contributed by atoms with E-state index >= 15 is 0 Å². The first-order chi connectivity index (χ1) is 10.2. The Morgan fingerprint density at radius 2 is 1.81 bits per heavy atom. The third kappa shape index (κ3) is 3.09. The summed E-state index contributed by atoms with van der Waals surface area (Å²) in [6.07, 6.45) is 3.42. The summed E-state index contributed by atoms with van der Waals surface area (Å²) in [5.41, 5.74) is 3.01. The number of fused-ring (bicyclic) bond motifs is 1. The highest BCUT2D eigenvalue weighted by Crippen LogP contribution is 2.08. The Hall–Kier alpha value is -2.66. The molecular formula is C16H15N3O2. The largest absolute Gasteiger partial charge is 0.476 e. The van der Waals surface area contributed by atoms with Gasteiger partial charge in [0.1, 0.15) is 5.65 Å². The molecule has 21 heavy (non-hydrogen) atoms. The molecule has 0 fully saturated rings. The fourth-order valence-corrected chi connectivity index (χ4v) is 2.19. The molecule has 0 aliphatic heterocycles. The summed E-state index contributed by atoms with van der Waals surface area (Å²) in [5.74, 6) is -1.01. The van der Waals surface area contributed by atoms with Crippen molar-refractivity contribution in [2.75, 3.05) is 0 Å². The molecule has 2 aromatic heterocycles. The van der Waals surface area contributed by atoms with Crippen molar-refractivity contribution in [2.24, 2.45) is 0 Å². The van der Waals surface area contributed by atoms with E-state index in [1.54, 1.807) is 4.40 Å². The Morgan fingerprint density at radius 1 is 1.05 bits per heavy atom. The number of carbonyl (C=O) groups is 1. The van der Waals surface area contributed by atoms with Crippen molar-refractivity contribution in [3.63, 3.8) is 0 Å². The van der Waals surface area contributed by atoms with E-state index in [4.69, 9.17) is 5.11 Å². The van der Waals surface area contributed by atoms with Gasteiger partial charge in [-0.15, -0.1) is 0 Å². The molecule has 3 aromatic rings. The predicted molar refractivity (Wildman–Crippen MR) is 79.1 cm³/mol. The predicted octanol–water partition coefficient (Wildman–Crippen LogP) is 2.32. The van der Waals surface area contributed by atoms with Crippen molar-refractivity contribution < 1.29 is 9.90 Å². The molecule has 3 rings (SSSR count). The lowest BCUT2D eigenvalue weighted by atomic mass is 10.2. The van der Waals surface area contributed by atoms with E-state index in [9.17, 15) is 4.79 Å². The number of aromatic nitrogens is 2. The summed E-state index contributed by atoms with van der Waals surface area (Å²) < 4.78 is 1.74. The molecule has 0 saturated heterocycles. The summed E-state index contributed by atoms with van der Waals surface area (Å²) in [5, 5.41) is 12.3. The average molecular weight is 281 g/mol. The molecule has 0 aliphatic carbocycles. The zero-order valence-electron chi connectivity index (χ0n) is 11.4. The molecule has 106 valence electrons. The minimum absolute atomic E-state index is 0.0596. The van der Waals surface area contributed by atoms with Crippen molar-refractivity contribution in [1.82, 2.24) is 14.7 Å². The number of rotatable bonds is 5. The van der Waals surface area contributed by atoms with E-state index in [1.165, 1.54) is 11.8 Å². The molecule has 5 nitrogen and oxygen atoms in total. The highest BCUT2D eigenvalue weighted by Gasteiger charge is 2.08. The Morgan fingerprint density at radius 3 is 2.57 bits per heavy atom. The number of nitrogens with zero attached hydrogens (tertiary/aromatic N) is 2. The lowest BCUT2D eigenvalue weighted by Crippen LogP contribution is -2.12. The van der Waals surface area contributed by atoms with E-state index in [1.807, 2.05) is 36.5 Å². The molecule has 0 amide bonds. The van der Waals surface area contributed by atoms with E-state index < -0.39 is 5.97 Å². The van der Waals surface area contributed by atoms with Crippen LogP contribution in [0.1, 0.15) is 21.6 Å². The van der Waals surface area contributed by atoms with Crippen LogP contribution in [-0.2, 0) is 13.1 Å². The van der Waals surface area contributed by atoms with E-state index in [2.05, 4.69) is 22.4 Å². The SMILES string of the molecule is O=C(O)c1cn2cc(CNCc3ccccc3)ccc2n1. The van der Waals surface area contributed by atoms with Gasteiger partial charge in [-0.2, -0.15) is 0 Å². The van der Waals surface area contributed by atoms with Crippen molar-refractivity contribution in [3.05, 3.63) is 71.7 Å². The number of nitrogens with one attached hydrogen (secondary N) is 1. The summed E-state index contributed by atoms with van der Waals surface area (Å²) in [6.45, 7) is 1.51. The summed E-state index contributed by atoms with van der Waals surface area (Å²) in [6, 6.07) is 14.0. The smallest absolute Gasteiger partial charge is 0.356 e. The van der Waals surface area contributed by atoms with E-state index in [0.717, 1.165) is 12.1 Å². The number of imidazole rings is 1. The van der Waals surface area contributed by atoms with Crippen LogP contribution in [0.4, 0.5) is 0 Å². The number of carboxylic acid groups (broad SMARTS) is 1. The van der Waals surface area contributed by atoms with Gasteiger partial charge in [0.25, 0.3) is 0 Å². The van der Waals surface area contributed by atoms with E-state index in [0.29, 0.717) is 12.2 Å². The Balaban J connectivity index is 1.68. The van der Waals surface area contributed by atoms with Gasteiger partial charge < -0.3 is 14.8 Å². The number of hydrogen-bond acceptors (Lipinski definition) is 3. The van der Waals surface area contributed by atoms with Crippen molar-refractivity contribution in [2.45, 2.75) is 13.1 Å².